The van der Waals surface area contributed by atoms with Crippen LogP contribution in [0.1, 0.15) is 25.5 Å². The maximum absolute atomic E-state index is 13.5. The van der Waals surface area contributed by atoms with Crippen molar-refractivity contribution in [2.45, 2.75) is 25.9 Å². The Kier molecular flexibility index (Phi) is 6.43. The minimum atomic E-state index is -3.80. The van der Waals surface area contributed by atoms with E-state index in [9.17, 15) is 17.6 Å². The lowest BCUT2D eigenvalue weighted by Gasteiger charge is -2.29. The number of carbonyl (C=O) groups is 1. The number of benzene rings is 2. The van der Waals surface area contributed by atoms with Gasteiger partial charge < -0.3 is 10.1 Å². The van der Waals surface area contributed by atoms with E-state index in [-0.39, 0.29) is 11.7 Å². The lowest BCUT2D eigenvalue weighted by molar-refractivity contribution is -0.122. The van der Waals surface area contributed by atoms with Crippen molar-refractivity contribution in [3.63, 3.8) is 0 Å². The fraction of sp³-hybridized carbons (Fsp3) is 0.316. The summed E-state index contributed by atoms with van der Waals surface area (Å²) in [6.45, 7) is 3.25. The van der Waals surface area contributed by atoms with Crippen LogP contribution in [0.4, 0.5) is 10.1 Å². The lowest BCUT2D eigenvalue weighted by atomic mass is 10.1. The summed E-state index contributed by atoms with van der Waals surface area (Å²) < 4.78 is 44.0. The summed E-state index contributed by atoms with van der Waals surface area (Å²) in [5, 5.41) is 2.79. The molecule has 0 heterocycles. The second-order valence-electron chi connectivity index (χ2n) is 6.22. The zero-order valence-electron chi connectivity index (χ0n) is 15.6. The monoisotopic (exact) mass is 394 g/mol. The van der Waals surface area contributed by atoms with E-state index in [1.165, 1.54) is 25.1 Å². The third kappa shape index (κ3) is 5.19. The quantitative estimate of drug-likeness (QED) is 0.784. The van der Waals surface area contributed by atoms with Gasteiger partial charge in [0.15, 0.2) is 0 Å². The maximum Gasteiger partial charge on any atom is 0.244 e. The van der Waals surface area contributed by atoms with Crippen molar-refractivity contribution in [1.29, 1.82) is 0 Å². The standard InChI is InChI=1S/C19H23FN2O4S/c1-13(15-8-10-18(26-3)11-9-15)21-19(23)14(2)22(27(4,24)25)17-7-5-6-16(20)12-17/h5-14H,1-4H3,(H,21,23)/t13-,14-/m1/s1. The number of halogens is 1. The van der Waals surface area contributed by atoms with Gasteiger partial charge in [0.05, 0.1) is 25.1 Å². The Morgan fingerprint density at radius 3 is 2.30 bits per heavy atom. The summed E-state index contributed by atoms with van der Waals surface area (Å²) in [4.78, 5) is 12.7. The molecule has 0 aromatic heterocycles. The molecule has 27 heavy (non-hydrogen) atoms. The number of methoxy groups -OCH3 is 1. The number of hydrogen-bond acceptors (Lipinski definition) is 4. The maximum atomic E-state index is 13.5. The van der Waals surface area contributed by atoms with Crippen LogP contribution in [-0.4, -0.2) is 33.7 Å². The number of anilines is 1. The Labute approximate surface area is 159 Å². The molecule has 0 aliphatic rings. The molecule has 0 spiro atoms. The number of nitrogens with one attached hydrogen (secondary N) is 1. The fourth-order valence-electron chi connectivity index (χ4n) is 2.73. The van der Waals surface area contributed by atoms with Gasteiger partial charge in [-0.15, -0.1) is 0 Å². The van der Waals surface area contributed by atoms with Crippen LogP contribution in [0.5, 0.6) is 5.75 Å². The van der Waals surface area contributed by atoms with E-state index in [1.54, 1.807) is 26.2 Å². The minimum absolute atomic E-state index is 0.0947. The molecular weight excluding hydrogens is 371 g/mol. The summed E-state index contributed by atoms with van der Waals surface area (Å²) in [5.41, 5.74) is 0.935. The van der Waals surface area contributed by atoms with Crippen LogP contribution < -0.4 is 14.4 Å². The molecule has 0 bridgehead atoms. The van der Waals surface area contributed by atoms with Crippen molar-refractivity contribution in [3.05, 3.63) is 59.9 Å². The van der Waals surface area contributed by atoms with Gasteiger partial charge in [-0.25, -0.2) is 12.8 Å². The van der Waals surface area contributed by atoms with E-state index in [2.05, 4.69) is 5.32 Å². The molecule has 0 aliphatic heterocycles. The first-order chi connectivity index (χ1) is 12.6. The first-order valence-corrected chi connectivity index (χ1v) is 10.2. The number of amides is 1. The van der Waals surface area contributed by atoms with Crippen LogP contribution >= 0.6 is 0 Å². The van der Waals surface area contributed by atoms with E-state index < -0.39 is 27.8 Å². The van der Waals surface area contributed by atoms with Gasteiger partial charge in [0.2, 0.25) is 15.9 Å². The third-order valence-electron chi connectivity index (χ3n) is 4.13. The predicted octanol–water partition coefficient (Wildman–Crippen LogP) is 2.87. The second-order valence-corrected chi connectivity index (χ2v) is 8.08. The Balaban J connectivity index is 2.21. The predicted molar refractivity (Wildman–Crippen MR) is 103 cm³/mol. The van der Waals surface area contributed by atoms with E-state index in [0.29, 0.717) is 5.75 Å². The first-order valence-electron chi connectivity index (χ1n) is 8.32. The van der Waals surface area contributed by atoms with Crippen molar-refractivity contribution in [2.75, 3.05) is 17.7 Å². The summed E-state index contributed by atoms with van der Waals surface area (Å²) >= 11 is 0. The SMILES string of the molecule is COc1ccc([C@@H](C)NC(=O)[C@@H](C)N(c2cccc(F)c2)S(C)(=O)=O)cc1. The fourth-order valence-corrected chi connectivity index (χ4v) is 3.90. The van der Waals surface area contributed by atoms with Crippen molar-refractivity contribution in [2.24, 2.45) is 0 Å². The van der Waals surface area contributed by atoms with Crippen LogP contribution in [0, 0.1) is 5.82 Å². The number of sulfonamides is 1. The van der Waals surface area contributed by atoms with E-state index in [0.717, 1.165) is 22.2 Å². The van der Waals surface area contributed by atoms with Crippen molar-refractivity contribution in [3.8, 4) is 5.75 Å². The summed E-state index contributed by atoms with van der Waals surface area (Å²) in [5.74, 6) is -0.381. The number of carbonyl (C=O) groups excluding carboxylic acids is 1. The summed E-state index contributed by atoms with van der Waals surface area (Å²) in [7, 11) is -2.24. The Bertz CT molecular complexity index is 900. The molecule has 8 heteroatoms. The van der Waals surface area contributed by atoms with Crippen LogP contribution in [0.25, 0.3) is 0 Å². The average molecular weight is 394 g/mol. The molecule has 2 rings (SSSR count). The van der Waals surface area contributed by atoms with Gasteiger partial charge in [-0.2, -0.15) is 0 Å². The zero-order chi connectivity index (χ0) is 20.2. The highest BCUT2D eigenvalue weighted by atomic mass is 32.2. The Hall–Kier alpha value is -2.61. The number of nitrogens with zero attached hydrogens (tertiary/aromatic N) is 1. The topological polar surface area (TPSA) is 75.7 Å². The molecule has 2 aromatic carbocycles. The highest BCUT2D eigenvalue weighted by Crippen LogP contribution is 2.23. The molecule has 2 aromatic rings. The molecular formula is C19H23FN2O4S. The molecule has 2 atom stereocenters. The molecule has 1 N–H and O–H groups in total. The first kappa shape index (κ1) is 20.7. The highest BCUT2D eigenvalue weighted by Gasteiger charge is 2.30. The molecule has 0 unspecified atom stereocenters. The van der Waals surface area contributed by atoms with Crippen LogP contribution in [0.3, 0.4) is 0 Å². The van der Waals surface area contributed by atoms with Gasteiger partial charge in [-0.3, -0.25) is 9.10 Å². The highest BCUT2D eigenvalue weighted by molar-refractivity contribution is 7.92. The molecule has 0 fully saturated rings. The van der Waals surface area contributed by atoms with Crippen LogP contribution in [0.15, 0.2) is 48.5 Å². The molecule has 6 nitrogen and oxygen atoms in total. The van der Waals surface area contributed by atoms with Gasteiger partial charge in [-0.05, 0) is 49.7 Å². The Morgan fingerprint density at radius 2 is 1.78 bits per heavy atom. The molecule has 0 saturated heterocycles. The normalized spacial score (nSPS) is 13.5. The van der Waals surface area contributed by atoms with Crippen LogP contribution in [-0.2, 0) is 14.8 Å². The van der Waals surface area contributed by atoms with Gasteiger partial charge in [0, 0.05) is 0 Å². The number of rotatable bonds is 7. The number of ether oxygens (including phenoxy) is 1. The summed E-state index contributed by atoms with van der Waals surface area (Å²) in [6.07, 6.45) is 0.981. The molecule has 0 radical (unpaired) electrons. The van der Waals surface area contributed by atoms with E-state index in [1.807, 2.05) is 12.1 Å². The smallest absolute Gasteiger partial charge is 0.244 e. The van der Waals surface area contributed by atoms with Gasteiger partial charge in [0.25, 0.3) is 0 Å². The second kappa shape index (κ2) is 8.39. The van der Waals surface area contributed by atoms with Crippen molar-refractivity contribution < 1.29 is 22.3 Å². The van der Waals surface area contributed by atoms with Gasteiger partial charge in [-0.1, -0.05) is 18.2 Å². The summed E-state index contributed by atoms with van der Waals surface area (Å²) in [6, 6.07) is 10.9. The molecule has 0 saturated carbocycles. The molecule has 146 valence electrons. The largest absolute Gasteiger partial charge is 0.497 e. The van der Waals surface area contributed by atoms with Gasteiger partial charge in [0.1, 0.15) is 17.6 Å². The van der Waals surface area contributed by atoms with E-state index >= 15 is 0 Å². The lowest BCUT2D eigenvalue weighted by Crippen LogP contribution is -2.48. The third-order valence-corrected chi connectivity index (χ3v) is 5.37. The van der Waals surface area contributed by atoms with Crippen LogP contribution in [0.2, 0.25) is 0 Å². The molecule has 1 amide bonds. The minimum Gasteiger partial charge on any atom is -0.497 e. The van der Waals surface area contributed by atoms with Gasteiger partial charge >= 0.3 is 0 Å². The van der Waals surface area contributed by atoms with Crippen molar-refractivity contribution in [1.82, 2.24) is 5.32 Å². The molecule has 0 aliphatic carbocycles. The Morgan fingerprint density at radius 1 is 1.15 bits per heavy atom. The van der Waals surface area contributed by atoms with E-state index in [4.69, 9.17) is 4.74 Å². The van der Waals surface area contributed by atoms with Crippen molar-refractivity contribution >= 4 is 21.6 Å². The number of hydrogen-bond donors (Lipinski definition) is 1. The zero-order valence-corrected chi connectivity index (χ0v) is 16.5. The average Bonchev–Trinajstić information content (AvgIpc) is 2.60.